The summed E-state index contributed by atoms with van der Waals surface area (Å²) in [6, 6.07) is 13.3. The Morgan fingerprint density at radius 2 is 2.05 bits per heavy atom. The maximum absolute atomic E-state index is 10.6. The molecule has 1 heterocycles. The van der Waals surface area contributed by atoms with Crippen LogP contribution < -0.4 is 14.4 Å². The lowest BCUT2D eigenvalue weighted by molar-refractivity contribution is 0.112. The largest absolute Gasteiger partial charge is 0.490 e. The van der Waals surface area contributed by atoms with E-state index in [9.17, 15) is 4.79 Å². The standard InChI is InChI=1S/C18H19NO3/c1-13-3-8-17-18(9-13)22-16(10-19(17)2)12-21-15-6-4-14(11-20)5-7-15/h3-9,11,16H,10,12H2,1-2H3. The molecule has 0 saturated heterocycles. The third-order valence-electron chi connectivity index (χ3n) is 3.75. The Kier molecular flexibility index (Phi) is 4.00. The molecular weight excluding hydrogens is 278 g/mol. The Bertz CT molecular complexity index is 667. The number of aryl methyl sites for hydroxylation is 1. The molecule has 0 saturated carbocycles. The van der Waals surface area contributed by atoms with E-state index in [1.807, 2.05) is 0 Å². The summed E-state index contributed by atoms with van der Waals surface area (Å²) in [6.07, 6.45) is 0.799. The Labute approximate surface area is 130 Å². The Hall–Kier alpha value is -2.49. The van der Waals surface area contributed by atoms with Crippen molar-refractivity contribution in [3.8, 4) is 11.5 Å². The number of likely N-dealkylation sites (N-methyl/N-ethyl adjacent to an activating group) is 1. The topological polar surface area (TPSA) is 38.8 Å². The van der Waals surface area contributed by atoms with Crippen LogP contribution in [-0.4, -0.2) is 32.6 Å². The van der Waals surface area contributed by atoms with Crippen molar-refractivity contribution in [2.24, 2.45) is 0 Å². The van der Waals surface area contributed by atoms with Gasteiger partial charge < -0.3 is 14.4 Å². The van der Waals surface area contributed by atoms with E-state index in [1.165, 1.54) is 5.56 Å². The monoisotopic (exact) mass is 297 g/mol. The van der Waals surface area contributed by atoms with E-state index in [2.05, 4.69) is 37.1 Å². The minimum atomic E-state index is -0.0231. The number of anilines is 1. The van der Waals surface area contributed by atoms with Gasteiger partial charge in [-0.1, -0.05) is 6.07 Å². The van der Waals surface area contributed by atoms with Gasteiger partial charge in [0.15, 0.2) is 0 Å². The highest BCUT2D eigenvalue weighted by molar-refractivity contribution is 5.74. The van der Waals surface area contributed by atoms with Crippen LogP contribution in [0, 0.1) is 6.92 Å². The van der Waals surface area contributed by atoms with Gasteiger partial charge in [-0.25, -0.2) is 0 Å². The van der Waals surface area contributed by atoms with Crippen molar-refractivity contribution in [2.75, 3.05) is 25.1 Å². The van der Waals surface area contributed by atoms with E-state index in [0.29, 0.717) is 12.2 Å². The highest BCUT2D eigenvalue weighted by atomic mass is 16.5. The molecule has 1 atom stereocenters. The fourth-order valence-electron chi connectivity index (χ4n) is 2.57. The van der Waals surface area contributed by atoms with Crippen molar-refractivity contribution in [3.05, 3.63) is 53.6 Å². The highest BCUT2D eigenvalue weighted by Gasteiger charge is 2.23. The number of ether oxygens (including phenoxy) is 2. The number of hydrogen-bond acceptors (Lipinski definition) is 4. The van der Waals surface area contributed by atoms with Crippen LogP contribution in [0.3, 0.4) is 0 Å². The molecule has 4 heteroatoms. The van der Waals surface area contributed by atoms with Gasteiger partial charge in [-0.05, 0) is 48.9 Å². The number of benzene rings is 2. The van der Waals surface area contributed by atoms with Crippen molar-refractivity contribution >= 4 is 12.0 Å². The third kappa shape index (κ3) is 3.06. The Morgan fingerprint density at radius 3 is 2.77 bits per heavy atom. The molecule has 4 nitrogen and oxygen atoms in total. The normalized spacial score (nSPS) is 16.6. The van der Waals surface area contributed by atoms with E-state index in [1.54, 1.807) is 24.3 Å². The SMILES string of the molecule is Cc1ccc2c(c1)OC(COc1ccc(C=O)cc1)CN2C. The van der Waals surface area contributed by atoms with Crippen LogP contribution in [0.15, 0.2) is 42.5 Å². The van der Waals surface area contributed by atoms with Crippen LogP contribution >= 0.6 is 0 Å². The lowest BCUT2D eigenvalue weighted by Crippen LogP contribution is -2.41. The first-order chi connectivity index (χ1) is 10.7. The molecule has 1 aliphatic heterocycles. The zero-order valence-corrected chi connectivity index (χ0v) is 12.8. The predicted molar refractivity (Wildman–Crippen MR) is 86.2 cm³/mol. The first kappa shape index (κ1) is 14.4. The first-order valence-electron chi connectivity index (χ1n) is 7.32. The minimum absolute atomic E-state index is 0.0231. The smallest absolute Gasteiger partial charge is 0.150 e. The second-order valence-electron chi connectivity index (χ2n) is 5.59. The summed E-state index contributed by atoms with van der Waals surface area (Å²) < 4.78 is 11.8. The molecule has 0 spiro atoms. The predicted octanol–water partition coefficient (Wildman–Crippen LogP) is 3.08. The second-order valence-corrected chi connectivity index (χ2v) is 5.59. The third-order valence-corrected chi connectivity index (χ3v) is 3.75. The van der Waals surface area contributed by atoms with Crippen LogP contribution in [0.2, 0.25) is 0 Å². The summed E-state index contributed by atoms with van der Waals surface area (Å²) in [5.41, 5.74) is 2.93. The maximum atomic E-state index is 10.6. The summed E-state index contributed by atoms with van der Waals surface area (Å²) in [7, 11) is 2.06. The van der Waals surface area contributed by atoms with Crippen LogP contribution in [-0.2, 0) is 0 Å². The summed E-state index contributed by atoms with van der Waals surface area (Å²) in [5, 5.41) is 0. The van der Waals surface area contributed by atoms with E-state index in [4.69, 9.17) is 9.47 Å². The van der Waals surface area contributed by atoms with Crippen molar-refractivity contribution in [2.45, 2.75) is 13.0 Å². The van der Waals surface area contributed by atoms with Gasteiger partial charge in [0.1, 0.15) is 30.5 Å². The number of rotatable bonds is 4. The zero-order valence-electron chi connectivity index (χ0n) is 12.8. The average Bonchev–Trinajstić information content (AvgIpc) is 2.53. The average molecular weight is 297 g/mol. The summed E-state index contributed by atoms with van der Waals surface area (Å²) in [6.45, 7) is 3.30. The van der Waals surface area contributed by atoms with E-state index in [0.717, 1.165) is 30.0 Å². The van der Waals surface area contributed by atoms with Crippen molar-refractivity contribution in [1.82, 2.24) is 0 Å². The second kappa shape index (κ2) is 6.10. The maximum Gasteiger partial charge on any atom is 0.150 e. The van der Waals surface area contributed by atoms with Crippen LogP contribution in [0.25, 0.3) is 0 Å². The fourth-order valence-corrected chi connectivity index (χ4v) is 2.57. The van der Waals surface area contributed by atoms with Gasteiger partial charge in [0.05, 0.1) is 12.2 Å². The van der Waals surface area contributed by atoms with Gasteiger partial charge in [-0.2, -0.15) is 0 Å². The molecule has 0 amide bonds. The molecule has 114 valence electrons. The number of hydrogen-bond donors (Lipinski definition) is 0. The van der Waals surface area contributed by atoms with Crippen molar-refractivity contribution in [1.29, 1.82) is 0 Å². The van der Waals surface area contributed by atoms with Gasteiger partial charge in [-0.15, -0.1) is 0 Å². The first-order valence-corrected chi connectivity index (χ1v) is 7.32. The molecule has 3 rings (SSSR count). The van der Waals surface area contributed by atoms with Gasteiger partial charge in [0, 0.05) is 12.6 Å². The number of nitrogens with zero attached hydrogens (tertiary/aromatic N) is 1. The fraction of sp³-hybridized carbons (Fsp3) is 0.278. The molecule has 0 radical (unpaired) electrons. The summed E-state index contributed by atoms with van der Waals surface area (Å²) >= 11 is 0. The van der Waals surface area contributed by atoms with Gasteiger partial charge >= 0.3 is 0 Å². The quantitative estimate of drug-likeness (QED) is 0.813. The van der Waals surface area contributed by atoms with Gasteiger partial charge in [-0.3, -0.25) is 4.79 Å². The zero-order chi connectivity index (χ0) is 15.5. The molecule has 1 unspecified atom stereocenters. The van der Waals surface area contributed by atoms with E-state index < -0.39 is 0 Å². The molecule has 1 aliphatic rings. The number of aldehydes is 1. The highest BCUT2D eigenvalue weighted by Crippen LogP contribution is 2.33. The molecule has 0 N–H and O–H groups in total. The molecule has 2 aromatic rings. The molecule has 22 heavy (non-hydrogen) atoms. The number of fused-ring (bicyclic) bond motifs is 1. The van der Waals surface area contributed by atoms with E-state index in [-0.39, 0.29) is 6.10 Å². The number of carbonyl (C=O) groups is 1. The Morgan fingerprint density at radius 1 is 1.27 bits per heavy atom. The minimum Gasteiger partial charge on any atom is -0.490 e. The Balaban J connectivity index is 1.65. The lowest BCUT2D eigenvalue weighted by Gasteiger charge is -2.33. The molecule has 0 aliphatic carbocycles. The van der Waals surface area contributed by atoms with E-state index >= 15 is 0 Å². The molecule has 2 aromatic carbocycles. The summed E-state index contributed by atoms with van der Waals surface area (Å²) in [5.74, 6) is 1.64. The van der Waals surface area contributed by atoms with Crippen molar-refractivity contribution in [3.63, 3.8) is 0 Å². The van der Waals surface area contributed by atoms with Crippen LogP contribution in [0.5, 0.6) is 11.5 Å². The molecule has 0 bridgehead atoms. The molecule has 0 aromatic heterocycles. The van der Waals surface area contributed by atoms with Gasteiger partial charge in [0.25, 0.3) is 0 Å². The van der Waals surface area contributed by atoms with Gasteiger partial charge in [0.2, 0.25) is 0 Å². The van der Waals surface area contributed by atoms with Crippen LogP contribution in [0.1, 0.15) is 15.9 Å². The van der Waals surface area contributed by atoms with Crippen molar-refractivity contribution < 1.29 is 14.3 Å². The molecule has 0 fully saturated rings. The molecular formula is C18H19NO3. The number of carbonyl (C=O) groups excluding carboxylic acids is 1. The summed E-state index contributed by atoms with van der Waals surface area (Å²) in [4.78, 5) is 12.8. The lowest BCUT2D eigenvalue weighted by atomic mass is 10.1. The van der Waals surface area contributed by atoms with Crippen LogP contribution in [0.4, 0.5) is 5.69 Å².